The summed E-state index contributed by atoms with van der Waals surface area (Å²) in [5.41, 5.74) is 0.495. The summed E-state index contributed by atoms with van der Waals surface area (Å²) in [6, 6.07) is 0. The van der Waals surface area contributed by atoms with Gasteiger partial charge in [-0.3, -0.25) is 0 Å². The Kier molecular flexibility index (Phi) is 4.78. The molecular weight excluding hydrogens is 388 g/mol. The van der Waals surface area contributed by atoms with Gasteiger partial charge in [0.05, 0.1) is 24.9 Å². The minimum Gasteiger partial charge on any atom is -0.393 e. The van der Waals surface area contributed by atoms with E-state index >= 15 is 0 Å². The Morgan fingerprint density at radius 2 is 1.58 bits per heavy atom. The van der Waals surface area contributed by atoms with Crippen LogP contribution in [0.5, 0.6) is 0 Å². The number of hydrogen-bond donors (Lipinski definition) is 2. The number of aliphatic hydroxyl groups excluding tert-OH is 2. The maximum atomic E-state index is 11.2. The molecule has 6 aliphatic rings. The third-order valence-electron chi connectivity index (χ3n) is 11.9. The molecular formula is C27H44O4. The standard InChI is InChI=1S/C27H44O4/c1-15-5-10-27(30-14-15)16(2)24-23(31-27)13-20-18-12-22(29)21-11-17(28)6-8-25(21,3)19(18)7-9-26(20,24)4/h15-24,28-29H,5-14H2,1-4H3/t15?,16-,17-,18+,19?,20?,21+,22+,23-,24?,25+,26-,27+/m0/s1. The van der Waals surface area contributed by atoms with Gasteiger partial charge in [0.25, 0.3) is 0 Å². The SMILES string of the molecule is CC1CC[C@@]2(OC1)O[C@H]1CC3[C@@H]4C[C@@H](O)[C@H]5C[C@@H](O)CC[C@]5(C)C4CC[C@]3(C)C1[C@@H]2C. The zero-order chi connectivity index (χ0) is 21.8. The molecule has 13 atom stereocenters. The summed E-state index contributed by atoms with van der Waals surface area (Å²) >= 11 is 0. The molecule has 0 radical (unpaired) electrons. The molecule has 4 unspecified atom stereocenters. The van der Waals surface area contributed by atoms with Gasteiger partial charge in [-0.1, -0.05) is 27.7 Å². The fourth-order valence-electron chi connectivity index (χ4n) is 10.3. The molecule has 0 aromatic heterocycles. The fourth-order valence-corrected chi connectivity index (χ4v) is 10.3. The van der Waals surface area contributed by atoms with Gasteiger partial charge < -0.3 is 19.7 Å². The van der Waals surface area contributed by atoms with Crippen molar-refractivity contribution in [2.45, 2.75) is 110 Å². The van der Waals surface area contributed by atoms with Crippen LogP contribution in [0.1, 0.15) is 85.5 Å². The lowest BCUT2D eigenvalue weighted by Crippen LogP contribution is -2.58. The van der Waals surface area contributed by atoms with E-state index in [4.69, 9.17) is 9.47 Å². The molecule has 31 heavy (non-hydrogen) atoms. The van der Waals surface area contributed by atoms with Gasteiger partial charge in [-0.15, -0.1) is 0 Å². The van der Waals surface area contributed by atoms with Gasteiger partial charge in [-0.05, 0) is 97.7 Å². The van der Waals surface area contributed by atoms with Gasteiger partial charge in [0.1, 0.15) is 0 Å². The van der Waals surface area contributed by atoms with Crippen LogP contribution in [0.3, 0.4) is 0 Å². The summed E-state index contributed by atoms with van der Waals surface area (Å²) in [7, 11) is 0. The summed E-state index contributed by atoms with van der Waals surface area (Å²) in [5, 5.41) is 21.5. The largest absolute Gasteiger partial charge is 0.393 e. The minimum atomic E-state index is -0.338. The predicted octanol–water partition coefficient (Wildman–Crippen LogP) is 4.76. The first-order chi connectivity index (χ1) is 14.7. The molecule has 4 heteroatoms. The zero-order valence-corrected chi connectivity index (χ0v) is 20.1. The second-order valence-electron chi connectivity index (χ2n) is 13.2. The monoisotopic (exact) mass is 432 g/mol. The Bertz CT molecular complexity index is 716. The molecule has 2 heterocycles. The average Bonchev–Trinajstić information content (AvgIpc) is 3.17. The van der Waals surface area contributed by atoms with Crippen LogP contribution in [0.15, 0.2) is 0 Å². The van der Waals surface area contributed by atoms with Crippen molar-refractivity contribution in [1.29, 1.82) is 0 Å². The summed E-state index contributed by atoms with van der Waals surface area (Å²) in [6.07, 6.45) is 9.58. The molecule has 4 saturated carbocycles. The van der Waals surface area contributed by atoms with Crippen molar-refractivity contribution < 1.29 is 19.7 Å². The lowest BCUT2D eigenvalue weighted by atomic mass is 9.43. The van der Waals surface area contributed by atoms with Crippen LogP contribution >= 0.6 is 0 Å². The molecule has 6 rings (SSSR count). The smallest absolute Gasteiger partial charge is 0.171 e. The van der Waals surface area contributed by atoms with E-state index in [1.54, 1.807) is 0 Å². The van der Waals surface area contributed by atoms with Crippen LogP contribution in [0.2, 0.25) is 0 Å². The zero-order valence-electron chi connectivity index (χ0n) is 20.1. The van der Waals surface area contributed by atoms with E-state index in [0.29, 0.717) is 47.0 Å². The van der Waals surface area contributed by atoms with Crippen molar-refractivity contribution in [2.75, 3.05) is 6.61 Å². The Hall–Kier alpha value is -0.160. The normalized spacial score (nSPS) is 63.3. The molecule has 0 bridgehead atoms. The highest BCUT2D eigenvalue weighted by Crippen LogP contribution is 2.71. The highest BCUT2D eigenvalue weighted by molar-refractivity contribution is 5.16. The van der Waals surface area contributed by atoms with Crippen LogP contribution in [0.25, 0.3) is 0 Å². The number of rotatable bonds is 0. The van der Waals surface area contributed by atoms with Gasteiger partial charge in [-0.2, -0.15) is 0 Å². The minimum absolute atomic E-state index is 0.191. The Morgan fingerprint density at radius 3 is 2.32 bits per heavy atom. The fraction of sp³-hybridized carbons (Fsp3) is 1.00. The highest BCUT2D eigenvalue weighted by Gasteiger charge is 2.69. The van der Waals surface area contributed by atoms with Crippen LogP contribution in [-0.4, -0.2) is 40.9 Å². The van der Waals surface area contributed by atoms with Gasteiger partial charge in [0, 0.05) is 12.3 Å². The van der Waals surface area contributed by atoms with E-state index in [1.165, 1.54) is 19.3 Å². The number of aliphatic hydroxyl groups is 2. The Morgan fingerprint density at radius 1 is 0.806 bits per heavy atom. The second-order valence-corrected chi connectivity index (χ2v) is 13.2. The Balaban J connectivity index is 1.28. The summed E-state index contributed by atoms with van der Waals surface area (Å²) < 4.78 is 13.3. The van der Waals surface area contributed by atoms with Gasteiger partial charge >= 0.3 is 0 Å². The molecule has 6 fully saturated rings. The van der Waals surface area contributed by atoms with Crippen LogP contribution in [0, 0.1) is 52.3 Å². The summed E-state index contributed by atoms with van der Waals surface area (Å²) in [4.78, 5) is 0. The van der Waals surface area contributed by atoms with E-state index in [9.17, 15) is 10.2 Å². The van der Waals surface area contributed by atoms with Crippen molar-refractivity contribution >= 4 is 0 Å². The molecule has 2 N–H and O–H groups in total. The molecule has 0 aromatic carbocycles. The second kappa shape index (κ2) is 6.93. The quantitative estimate of drug-likeness (QED) is 0.579. The topological polar surface area (TPSA) is 58.9 Å². The van der Waals surface area contributed by atoms with Crippen molar-refractivity contribution in [2.24, 2.45) is 52.3 Å². The first-order valence-corrected chi connectivity index (χ1v) is 13.4. The summed E-state index contributed by atoms with van der Waals surface area (Å²) in [6.45, 7) is 10.6. The molecule has 0 amide bonds. The van der Waals surface area contributed by atoms with E-state index in [1.807, 2.05) is 0 Å². The highest BCUT2D eigenvalue weighted by atomic mass is 16.7. The number of fused-ring (bicyclic) bond motifs is 7. The van der Waals surface area contributed by atoms with Crippen molar-refractivity contribution in [1.82, 2.24) is 0 Å². The molecule has 176 valence electrons. The maximum absolute atomic E-state index is 11.2. The van der Waals surface area contributed by atoms with Crippen LogP contribution in [-0.2, 0) is 9.47 Å². The third kappa shape index (κ3) is 2.80. The molecule has 1 spiro atoms. The molecule has 2 saturated heterocycles. The van der Waals surface area contributed by atoms with E-state index in [0.717, 1.165) is 45.1 Å². The van der Waals surface area contributed by atoms with Crippen molar-refractivity contribution in [3.05, 3.63) is 0 Å². The van der Waals surface area contributed by atoms with E-state index in [2.05, 4.69) is 27.7 Å². The average molecular weight is 433 g/mol. The molecule has 4 aliphatic carbocycles. The lowest BCUT2D eigenvalue weighted by molar-refractivity contribution is -0.273. The lowest BCUT2D eigenvalue weighted by Gasteiger charge is -2.62. The van der Waals surface area contributed by atoms with E-state index < -0.39 is 0 Å². The Labute approximate surface area is 188 Å². The van der Waals surface area contributed by atoms with Crippen molar-refractivity contribution in [3.8, 4) is 0 Å². The third-order valence-corrected chi connectivity index (χ3v) is 11.9. The van der Waals surface area contributed by atoms with Gasteiger partial charge in [0.15, 0.2) is 5.79 Å². The van der Waals surface area contributed by atoms with Crippen LogP contribution < -0.4 is 0 Å². The number of hydrogen-bond acceptors (Lipinski definition) is 4. The number of ether oxygens (including phenoxy) is 2. The van der Waals surface area contributed by atoms with Crippen LogP contribution in [0.4, 0.5) is 0 Å². The molecule has 0 aromatic rings. The first-order valence-electron chi connectivity index (χ1n) is 13.4. The van der Waals surface area contributed by atoms with Gasteiger partial charge in [-0.25, -0.2) is 0 Å². The molecule has 2 aliphatic heterocycles. The first kappa shape index (κ1) is 21.4. The summed E-state index contributed by atoms with van der Waals surface area (Å²) in [5.74, 6) is 3.58. The van der Waals surface area contributed by atoms with E-state index in [-0.39, 0.29) is 29.3 Å². The van der Waals surface area contributed by atoms with Gasteiger partial charge in [0.2, 0.25) is 0 Å². The maximum Gasteiger partial charge on any atom is 0.171 e. The molecule has 4 nitrogen and oxygen atoms in total. The predicted molar refractivity (Wildman–Crippen MR) is 119 cm³/mol. The van der Waals surface area contributed by atoms with Crippen molar-refractivity contribution in [3.63, 3.8) is 0 Å².